The number of hydrogen-bond donors (Lipinski definition) is 2. The lowest BCUT2D eigenvalue weighted by Gasteiger charge is -2.21. The van der Waals surface area contributed by atoms with Gasteiger partial charge in [0.25, 0.3) is 5.91 Å². The third-order valence-electron chi connectivity index (χ3n) is 3.98. The predicted octanol–water partition coefficient (Wildman–Crippen LogP) is 3.38. The SMILES string of the molecule is CCC(NC(=O)C(C)NC(=O)c1ccccc1)c1ccc(C)cc1. The van der Waals surface area contributed by atoms with Crippen molar-refractivity contribution in [3.8, 4) is 0 Å². The Balaban J connectivity index is 1.97. The molecule has 0 radical (unpaired) electrons. The molecule has 2 atom stereocenters. The van der Waals surface area contributed by atoms with Crippen molar-refractivity contribution in [3.05, 3.63) is 71.3 Å². The third kappa shape index (κ3) is 4.69. The number of rotatable bonds is 6. The standard InChI is InChI=1S/C20H24N2O2/c1-4-18(16-12-10-14(2)11-13-16)22-19(23)15(3)21-20(24)17-8-6-5-7-9-17/h5-13,15,18H,4H2,1-3H3,(H,21,24)(H,22,23). The summed E-state index contributed by atoms with van der Waals surface area (Å²) in [6, 6.07) is 16.3. The summed E-state index contributed by atoms with van der Waals surface area (Å²) in [5.74, 6) is -0.437. The lowest BCUT2D eigenvalue weighted by Crippen LogP contribution is -2.45. The Morgan fingerprint density at radius 2 is 1.58 bits per heavy atom. The lowest BCUT2D eigenvalue weighted by molar-refractivity contribution is -0.123. The van der Waals surface area contributed by atoms with Gasteiger partial charge in [-0.3, -0.25) is 9.59 Å². The molecular weight excluding hydrogens is 300 g/mol. The van der Waals surface area contributed by atoms with Crippen LogP contribution >= 0.6 is 0 Å². The van der Waals surface area contributed by atoms with Crippen molar-refractivity contribution in [3.63, 3.8) is 0 Å². The molecule has 2 aromatic carbocycles. The molecule has 4 heteroatoms. The zero-order valence-electron chi connectivity index (χ0n) is 14.4. The zero-order chi connectivity index (χ0) is 17.5. The molecule has 0 aliphatic carbocycles. The van der Waals surface area contributed by atoms with Crippen molar-refractivity contribution in [1.82, 2.24) is 10.6 Å². The molecule has 0 aliphatic heterocycles. The molecule has 2 amide bonds. The first-order valence-electron chi connectivity index (χ1n) is 8.24. The second-order valence-electron chi connectivity index (χ2n) is 5.94. The van der Waals surface area contributed by atoms with Crippen molar-refractivity contribution >= 4 is 11.8 Å². The normalized spacial score (nSPS) is 13.0. The monoisotopic (exact) mass is 324 g/mol. The summed E-state index contributed by atoms with van der Waals surface area (Å²) >= 11 is 0. The van der Waals surface area contributed by atoms with E-state index in [1.54, 1.807) is 31.2 Å². The van der Waals surface area contributed by atoms with E-state index in [0.29, 0.717) is 5.56 Å². The van der Waals surface area contributed by atoms with Crippen LogP contribution in [0.15, 0.2) is 54.6 Å². The largest absolute Gasteiger partial charge is 0.348 e. The summed E-state index contributed by atoms with van der Waals surface area (Å²) < 4.78 is 0. The van der Waals surface area contributed by atoms with Crippen LogP contribution in [0.2, 0.25) is 0 Å². The van der Waals surface area contributed by atoms with Gasteiger partial charge in [0.15, 0.2) is 0 Å². The van der Waals surface area contributed by atoms with E-state index in [2.05, 4.69) is 10.6 Å². The number of hydrogen-bond acceptors (Lipinski definition) is 2. The second-order valence-corrected chi connectivity index (χ2v) is 5.94. The fraction of sp³-hybridized carbons (Fsp3) is 0.300. The van der Waals surface area contributed by atoms with Crippen molar-refractivity contribution < 1.29 is 9.59 Å². The molecule has 0 aliphatic rings. The van der Waals surface area contributed by atoms with Crippen LogP contribution in [0.4, 0.5) is 0 Å². The van der Waals surface area contributed by atoms with Gasteiger partial charge in [0.05, 0.1) is 6.04 Å². The van der Waals surface area contributed by atoms with E-state index < -0.39 is 6.04 Å². The highest BCUT2D eigenvalue weighted by atomic mass is 16.2. The Morgan fingerprint density at radius 3 is 2.17 bits per heavy atom. The summed E-state index contributed by atoms with van der Waals surface area (Å²) in [6.07, 6.45) is 0.786. The molecule has 0 aromatic heterocycles. The van der Waals surface area contributed by atoms with E-state index in [4.69, 9.17) is 0 Å². The maximum Gasteiger partial charge on any atom is 0.251 e. The summed E-state index contributed by atoms with van der Waals surface area (Å²) in [4.78, 5) is 24.5. The van der Waals surface area contributed by atoms with Gasteiger partial charge in [-0.25, -0.2) is 0 Å². The Kier molecular flexibility index (Phi) is 6.13. The summed E-state index contributed by atoms with van der Waals surface area (Å²) in [5, 5.41) is 5.74. The van der Waals surface area contributed by atoms with E-state index in [9.17, 15) is 9.59 Å². The molecule has 4 nitrogen and oxygen atoms in total. The van der Waals surface area contributed by atoms with Crippen molar-refractivity contribution in [2.45, 2.75) is 39.3 Å². The molecule has 0 fully saturated rings. The highest BCUT2D eigenvalue weighted by Crippen LogP contribution is 2.17. The predicted molar refractivity (Wildman–Crippen MR) is 95.7 cm³/mol. The Morgan fingerprint density at radius 1 is 0.958 bits per heavy atom. The number of aryl methyl sites for hydroxylation is 1. The Bertz CT molecular complexity index is 681. The lowest BCUT2D eigenvalue weighted by atomic mass is 10.0. The van der Waals surface area contributed by atoms with Crippen molar-refractivity contribution in [1.29, 1.82) is 0 Å². The minimum Gasteiger partial charge on any atom is -0.348 e. The molecule has 0 heterocycles. The fourth-order valence-electron chi connectivity index (χ4n) is 2.45. The van der Waals surface area contributed by atoms with Gasteiger partial charge in [-0.2, -0.15) is 0 Å². The quantitative estimate of drug-likeness (QED) is 0.856. The molecule has 126 valence electrons. The van der Waals surface area contributed by atoms with Gasteiger partial charge in [0, 0.05) is 5.56 Å². The number of carbonyl (C=O) groups is 2. The molecule has 24 heavy (non-hydrogen) atoms. The zero-order valence-corrected chi connectivity index (χ0v) is 14.4. The first-order chi connectivity index (χ1) is 11.5. The van der Waals surface area contributed by atoms with Crippen LogP contribution in [0.1, 0.15) is 47.8 Å². The average Bonchev–Trinajstić information content (AvgIpc) is 2.61. The molecule has 2 rings (SSSR count). The van der Waals surface area contributed by atoms with E-state index in [-0.39, 0.29) is 17.9 Å². The highest BCUT2D eigenvalue weighted by Gasteiger charge is 2.20. The maximum absolute atomic E-state index is 12.4. The molecule has 0 saturated carbocycles. The van der Waals surface area contributed by atoms with Crippen molar-refractivity contribution in [2.24, 2.45) is 0 Å². The van der Waals surface area contributed by atoms with Crippen LogP contribution in [-0.2, 0) is 4.79 Å². The fourth-order valence-corrected chi connectivity index (χ4v) is 2.45. The highest BCUT2D eigenvalue weighted by molar-refractivity contribution is 5.97. The molecule has 2 N–H and O–H groups in total. The minimum atomic E-state index is -0.600. The Labute approximate surface area is 143 Å². The number of carbonyl (C=O) groups excluding carboxylic acids is 2. The number of amides is 2. The van der Waals surface area contributed by atoms with Crippen LogP contribution in [-0.4, -0.2) is 17.9 Å². The van der Waals surface area contributed by atoms with E-state index in [1.807, 2.05) is 44.2 Å². The van der Waals surface area contributed by atoms with E-state index in [0.717, 1.165) is 12.0 Å². The van der Waals surface area contributed by atoms with Crippen molar-refractivity contribution in [2.75, 3.05) is 0 Å². The molecule has 0 saturated heterocycles. The first-order valence-corrected chi connectivity index (χ1v) is 8.24. The van der Waals surface area contributed by atoms with Crippen LogP contribution < -0.4 is 10.6 Å². The molecular formula is C20H24N2O2. The van der Waals surface area contributed by atoms with Crippen LogP contribution in [0.3, 0.4) is 0 Å². The van der Waals surface area contributed by atoms with Crippen LogP contribution in [0.25, 0.3) is 0 Å². The topological polar surface area (TPSA) is 58.2 Å². The van der Waals surface area contributed by atoms with Gasteiger partial charge in [-0.05, 0) is 38.0 Å². The van der Waals surface area contributed by atoms with E-state index >= 15 is 0 Å². The van der Waals surface area contributed by atoms with Gasteiger partial charge >= 0.3 is 0 Å². The maximum atomic E-state index is 12.4. The van der Waals surface area contributed by atoms with Crippen LogP contribution in [0, 0.1) is 6.92 Å². The average molecular weight is 324 g/mol. The van der Waals surface area contributed by atoms with Gasteiger partial charge in [-0.15, -0.1) is 0 Å². The summed E-state index contributed by atoms with van der Waals surface area (Å²) in [5.41, 5.74) is 2.80. The third-order valence-corrected chi connectivity index (χ3v) is 3.98. The van der Waals surface area contributed by atoms with Crippen LogP contribution in [0.5, 0.6) is 0 Å². The molecule has 2 aromatic rings. The van der Waals surface area contributed by atoms with Gasteiger partial charge < -0.3 is 10.6 Å². The molecule has 2 unspecified atom stereocenters. The minimum absolute atomic E-state index is 0.0609. The summed E-state index contributed by atoms with van der Waals surface area (Å²) in [6.45, 7) is 5.75. The van der Waals surface area contributed by atoms with Gasteiger partial charge in [-0.1, -0.05) is 55.0 Å². The van der Waals surface area contributed by atoms with E-state index in [1.165, 1.54) is 5.56 Å². The first kappa shape index (κ1) is 17.7. The second kappa shape index (κ2) is 8.29. The number of nitrogens with one attached hydrogen (secondary N) is 2. The Hall–Kier alpha value is -2.62. The molecule has 0 bridgehead atoms. The molecule has 0 spiro atoms. The summed E-state index contributed by atoms with van der Waals surface area (Å²) in [7, 11) is 0. The smallest absolute Gasteiger partial charge is 0.251 e. The van der Waals surface area contributed by atoms with Gasteiger partial charge in [0.1, 0.15) is 6.04 Å². The van der Waals surface area contributed by atoms with Gasteiger partial charge in [0.2, 0.25) is 5.91 Å². The number of benzene rings is 2.